The van der Waals surface area contributed by atoms with Gasteiger partial charge in [0.2, 0.25) is 5.91 Å². The number of halogens is 1. The van der Waals surface area contributed by atoms with E-state index in [-0.39, 0.29) is 17.6 Å². The first-order valence-corrected chi connectivity index (χ1v) is 7.52. The van der Waals surface area contributed by atoms with Crippen LogP contribution in [0, 0.1) is 11.7 Å². The van der Waals surface area contributed by atoms with Crippen LogP contribution in [0.25, 0.3) is 0 Å². The first-order valence-electron chi connectivity index (χ1n) is 7.52. The van der Waals surface area contributed by atoms with E-state index in [1.807, 2.05) is 6.92 Å². The minimum absolute atomic E-state index is 0.190. The molecule has 0 aliphatic heterocycles. The molecule has 0 radical (unpaired) electrons. The number of nitrogens with one attached hydrogen (secondary N) is 1. The molecule has 116 valence electrons. The second kappa shape index (κ2) is 6.89. The summed E-state index contributed by atoms with van der Waals surface area (Å²) in [6.07, 6.45) is 3.52. The molecule has 1 aliphatic carbocycles. The minimum Gasteiger partial charge on any atom is -0.494 e. The highest BCUT2D eigenvalue weighted by molar-refractivity contribution is 5.85. The number of benzene rings is 1. The zero-order chi connectivity index (χ0) is 15.3. The van der Waals surface area contributed by atoms with Crippen LogP contribution in [0.4, 0.5) is 4.39 Å². The standard InChI is InChI=1S/C16H23FN2O2/c1-2-19-16(15(18)20)10-3-4-12(16)9-11-21-14-7-5-13(17)6-8-14/h5-8,12,19H,2-4,9-11H2,1H3,(H2,18,20). The SMILES string of the molecule is CCNC1(C(N)=O)CCCC1CCOc1ccc(F)cc1. The maximum absolute atomic E-state index is 12.8. The van der Waals surface area contributed by atoms with Crippen LogP contribution in [0.1, 0.15) is 32.6 Å². The lowest BCUT2D eigenvalue weighted by atomic mass is 9.84. The van der Waals surface area contributed by atoms with Crippen molar-refractivity contribution in [2.45, 2.75) is 38.1 Å². The molecule has 1 aromatic carbocycles. The Hall–Kier alpha value is -1.62. The topological polar surface area (TPSA) is 64.3 Å². The Morgan fingerprint density at radius 1 is 1.48 bits per heavy atom. The normalized spacial score (nSPS) is 25.0. The summed E-state index contributed by atoms with van der Waals surface area (Å²) < 4.78 is 18.4. The highest BCUT2D eigenvalue weighted by Crippen LogP contribution is 2.37. The molecule has 0 heterocycles. The lowest BCUT2D eigenvalue weighted by Crippen LogP contribution is -2.58. The largest absolute Gasteiger partial charge is 0.494 e. The van der Waals surface area contributed by atoms with E-state index in [0.29, 0.717) is 12.4 Å². The number of rotatable bonds is 7. The molecule has 3 N–H and O–H groups in total. The average Bonchev–Trinajstić information content (AvgIpc) is 2.86. The van der Waals surface area contributed by atoms with Crippen molar-refractivity contribution in [3.8, 4) is 5.75 Å². The average molecular weight is 294 g/mol. The van der Waals surface area contributed by atoms with Crippen molar-refractivity contribution in [3.63, 3.8) is 0 Å². The number of hydrogen-bond donors (Lipinski definition) is 2. The van der Waals surface area contributed by atoms with Crippen LogP contribution < -0.4 is 15.8 Å². The van der Waals surface area contributed by atoms with Gasteiger partial charge in [0, 0.05) is 0 Å². The summed E-state index contributed by atoms with van der Waals surface area (Å²) in [6.45, 7) is 3.20. The predicted octanol–water partition coefficient (Wildman–Crippen LogP) is 2.23. The Morgan fingerprint density at radius 2 is 2.19 bits per heavy atom. The van der Waals surface area contributed by atoms with Crippen molar-refractivity contribution in [2.24, 2.45) is 11.7 Å². The minimum atomic E-state index is -0.596. The Bertz CT molecular complexity index is 478. The van der Waals surface area contributed by atoms with Crippen LogP contribution in [0.15, 0.2) is 24.3 Å². The van der Waals surface area contributed by atoms with Crippen molar-refractivity contribution in [1.82, 2.24) is 5.32 Å². The molecule has 0 spiro atoms. The fourth-order valence-corrected chi connectivity index (χ4v) is 3.28. The third-order valence-electron chi connectivity index (χ3n) is 4.30. The number of carbonyl (C=O) groups excluding carboxylic acids is 1. The first kappa shape index (κ1) is 15.8. The Balaban J connectivity index is 1.92. The highest BCUT2D eigenvalue weighted by atomic mass is 19.1. The molecule has 1 aliphatic rings. The van der Waals surface area contributed by atoms with Gasteiger partial charge >= 0.3 is 0 Å². The smallest absolute Gasteiger partial charge is 0.238 e. The lowest BCUT2D eigenvalue weighted by molar-refractivity contribution is -0.126. The molecule has 1 amide bonds. The van der Waals surface area contributed by atoms with Crippen molar-refractivity contribution < 1.29 is 13.9 Å². The fraction of sp³-hybridized carbons (Fsp3) is 0.562. The molecule has 0 aromatic heterocycles. The Kier molecular flexibility index (Phi) is 5.17. The number of hydrogen-bond acceptors (Lipinski definition) is 3. The highest BCUT2D eigenvalue weighted by Gasteiger charge is 2.46. The molecule has 21 heavy (non-hydrogen) atoms. The van der Waals surface area contributed by atoms with Crippen LogP contribution in [-0.2, 0) is 4.79 Å². The van der Waals surface area contributed by atoms with E-state index in [2.05, 4.69) is 5.32 Å². The monoisotopic (exact) mass is 294 g/mol. The molecule has 4 nitrogen and oxygen atoms in total. The zero-order valence-corrected chi connectivity index (χ0v) is 12.4. The van der Waals surface area contributed by atoms with Crippen LogP contribution >= 0.6 is 0 Å². The van der Waals surface area contributed by atoms with E-state index in [0.717, 1.165) is 32.2 Å². The van der Waals surface area contributed by atoms with Crippen LogP contribution in [0.2, 0.25) is 0 Å². The third-order valence-corrected chi connectivity index (χ3v) is 4.30. The summed E-state index contributed by atoms with van der Waals surface area (Å²) in [5.74, 6) is 0.282. The van der Waals surface area contributed by atoms with Crippen molar-refractivity contribution in [2.75, 3.05) is 13.2 Å². The quantitative estimate of drug-likeness (QED) is 0.810. The van der Waals surface area contributed by atoms with E-state index >= 15 is 0 Å². The molecule has 1 saturated carbocycles. The van der Waals surface area contributed by atoms with Crippen molar-refractivity contribution in [1.29, 1.82) is 0 Å². The van der Waals surface area contributed by atoms with Crippen LogP contribution in [0.3, 0.4) is 0 Å². The van der Waals surface area contributed by atoms with E-state index < -0.39 is 5.54 Å². The number of amides is 1. The van der Waals surface area contributed by atoms with Gasteiger partial charge in [0.15, 0.2) is 0 Å². The van der Waals surface area contributed by atoms with Gasteiger partial charge in [-0.3, -0.25) is 4.79 Å². The molecule has 5 heteroatoms. The Labute approximate surface area is 124 Å². The van der Waals surface area contributed by atoms with Gasteiger partial charge in [-0.15, -0.1) is 0 Å². The molecule has 1 aromatic rings. The summed E-state index contributed by atoms with van der Waals surface area (Å²) >= 11 is 0. The zero-order valence-electron chi connectivity index (χ0n) is 12.4. The lowest BCUT2D eigenvalue weighted by Gasteiger charge is -2.33. The Morgan fingerprint density at radius 3 is 2.81 bits per heavy atom. The summed E-state index contributed by atoms with van der Waals surface area (Å²) in [7, 11) is 0. The third kappa shape index (κ3) is 3.53. The molecule has 2 unspecified atom stereocenters. The van der Waals surface area contributed by atoms with Gasteiger partial charge < -0.3 is 15.8 Å². The number of carbonyl (C=O) groups is 1. The van der Waals surface area contributed by atoms with Crippen LogP contribution in [-0.4, -0.2) is 24.6 Å². The summed E-state index contributed by atoms with van der Waals surface area (Å²) in [5, 5.41) is 3.28. The van der Waals surface area contributed by atoms with Gasteiger partial charge in [-0.25, -0.2) is 4.39 Å². The fourth-order valence-electron chi connectivity index (χ4n) is 3.28. The van der Waals surface area contributed by atoms with Gasteiger partial charge in [-0.2, -0.15) is 0 Å². The van der Waals surface area contributed by atoms with Crippen molar-refractivity contribution >= 4 is 5.91 Å². The van der Waals surface area contributed by atoms with E-state index in [1.165, 1.54) is 12.1 Å². The molecule has 2 atom stereocenters. The number of nitrogens with two attached hydrogens (primary N) is 1. The number of primary amides is 1. The first-order chi connectivity index (χ1) is 10.1. The summed E-state index contributed by atoms with van der Waals surface area (Å²) in [6, 6.07) is 5.96. The van der Waals surface area contributed by atoms with Crippen molar-refractivity contribution in [3.05, 3.63) is 30.1 Å². The van der Waals surface area contributed by atoms with Gasteiger partial charge in [-0.1, -0.05) is 13.3 Å². The molecule has 0 bridgehead atoms. The van der Waals surface area contributed by atoms with Gasteiger partial charge in [-0.05, 0) is 56.0 Å². The molecular weight excluding hydrogens is 271 g/mol. The molecular formula is C16H23FN2O2. The van der Waals surface area contributed by atoms with Gasteiger partial charge in [0.05, 0.1) is 6.61 Å². The van der Waals surface area contributed by atoms with E-state index in [1.54, 1.807) is 12.1 Å². The molecule has 2 rings (SSSR count). The predicted molar refractivity (Wildman–Crippen MR) is 79.5 cm³/mol. The number of likely N-dealkylation sites (N-methyl/N-ethyl adjacent to an activating group) is 1. The maximum Gasteiger partial charge on any atom is 0.238 e. The molecule has 1 fully saturated rings. The summed E-state index contributed by atoms with van der Waals surface area (Å²) in [4.78, 5) is 11.9. The van der Waals surface area contributed by atoms with Gasteiger partial charge in [0.1, 0.15) is 17.1 Å². The van der Waals surface area contributed by atoms with Crippen LogP contribution in [0.5, 0.6) is 5.75 Å². The second-order valence-electron chi connectivity index (χ2n) is 5.55. The van der Waals surface area contributed by atoms with E-state index in [4.69, 9.17) is 10.5 Å². The second-order valence-corrected chi connectivity index (χ2v) is 5.55. The molecule has 0 saturated heterocycles. The number of ether oxygens (including phenoxy) is 1. The maximum atomic E-state index is 12.8. The van der Waals surface area contributed by atoms with E-state index in [9.17, 15) is 9.18 Å². The van der Waals surface area contributed by atoms with Gasteiger partial charge in [0.25, 0.3) is 0 Å². The summed E-state index contributed by atoms with van der Waals surface area (Å²) in [5.41, 5.74) is 5.03.